The minimum Gasteiger partial charge on any atom is -0.351 e. The zero-order chi connectivity index (χ0) is 16.7. The summed E-state index contributed by atoms with van der Waals surface area (Å²) >= 11 is 0. The molecule has 2 rings (SSSR count). The molecule has 6 nitrogen and oxygen atoms in total. The molecule has 23 heavy (non-hydrogen) atoms. The molecule has 1 aliphatic rings. The van der Waals surface area contributed by atoms with Gasteiger partial charge in [0.2, 0.25) is 0 Å². The summed E-state index contributed by atoms with van der Waals surface area (Å²) < 4.78 is 0. The van der Waals surface area contributed by atoms with Crippen molar-refractivity contribution >= 4 is 11.8 Å². The Labute approximate surface area is 137 Å². The van der Waals surface area contributed by atoms with E-state index in [0.29, 0.717) is 17.8 Å². The van der Waals surface area contributed by atoms with E-state index in [-0.39, 0.29) is 11.8 Å². The first-order valence-corrected chi connectivity index (χ1v) is 8.34. The molecule has 6 heteroatoms. The molecular weight excluding hydrogens is 292 g/mol. The molecule has 0 bridgehead atoms. The highest BCUT2D eigenvalue weighted by atomic mass is 16.2. The Kier molecular flexibility index (Phi) is 6.52. The second-order valence-corrected chi connectivity index (χ2v) is 5.99. The summed E-state index contributed by atoms with van der Waals surface area (Å²) in [5.74, 6) is -0.241. The molecule has 1 aromatic heterocycles. The average Bonchev–Trinajstić information content (AvgIpc) is 2.59. The highest BCUT2D eigenvalue weighted by Gasteiger charge is 2.21. The molecule has 126 valence electrons. The van der Waals surface area contributed by atoms with E-state index in [9.17, 15) is 9.59 Å². The summed E-state index contributed by atoms with van der Waals surface area (Å²) in [6.07, 6.45) is 4.70. The van der Waals surface area contributed by atoms with E-state index in [2.05, 4.69) is 29.2 Å². The smallest absolute Gasteiger partial charge is 0.269 e. The standard InChI is InChI=1S/C17H26N4O2/c1-3-4-5-7-19-16(22)15-13-14(6-8-18-15)17(23)21-11-9-20(2)10-12-21/h6,8,13H,3-5,7,9-12H2,1-2H3,(H,19,22). The molecule has 1 fully saturated rings. The number of hydrogen-bond donors (Lipinski definition) is 1. The predicted octanol–water partition coefficient (Wildman–Crippen LogP) is 1.39. The topological polar surface area (TPSA) is 65.5 Å². The fourth-order valence-corrected chi connectivity index (χ4v) is 2.55. The highest BCUT2D eigenvalue weighted by molar-refractivity contribution is 5.98. The summed E-state index contributed by atoms with van der Waals surface area (Å²) in [5.41, 5.74) is 0.838. The van der Waals surface area contributed by atoms with Crippen LogP contribution >= 0.6 is 0 Å². The number of pyridine rings is 1. The molecule has 0 spiro atoms. The molecule has 1 N–H and O–H groups in total. The van der Waals surface area contributed by atoms with Gasteiger partial charge in [0.15, 0.2) is 0 Å². The molecule has 0 unspecified atom stereocenters. The Bertz CT molecular complexity index is 539. The molecule has 2 amide bonds. The lowest BCUT2D eigenvalue weighted by molar-refractivity contribution is 0.0664. The maximum Gasteiger partial charge on any atom is 0.269 e. The SMILES string of the molecule is CCCCCNC(=O)c1cc(C(=O)N2CCN(C)CC2)ccn1. The van der Waals surface area contributed by atoms with Gasteiger partial charge in [-0.2, -0.15) is 0 Å². The Morgan fingerprint density at radius 3 is 2.65 bits per heavy atom. The quantitative estimate of drug-likeness (QED) is 0.805. The summed E-state index contributed by atoms with van der Waals surface area (Å²) in [6, 6.07) is 3.27. The van der Waals surface area contributed by atoms with Gasteiger partial charge in [-0.05, 0) is 25.6 Å². The third-order valence-electron chi connectivity index (χ3n) is 4.10. The first kappa shape index (κ1) is 17.4. The Morgan fingerprint density at radius 1 is 1.22 bits per heavy atom. The lowest BCUT2D eigenvalue weighted by Gasteiger charge is -2.32. The Hall–Kier alpha value is -1.95. The van der Waals surface area contributed by atoms with Gasteiger partial charge in [0.25, 0.3) is 11.8 Å². The lowest BCUT2D eigenvalue weighted by atomic mass is 10.1. The van der Waals surface area contributed by atoms with E-state index in [1.165, 1.54) is 6.20 Å². The fraction of sp³-hybridized carbons (Fsp3) is 0.588. The van der Waals surface area contributed by atoms with Gasteiger partial charge in [-0.15, -0.1) is 0 Å². The second-order valence-electron chi connectivity index (χ2n) is 5.99. The van der Waals surface area contributed by atoms with E-state index in [0.717, 1.165) is 45.4 Å². The van der Waals surface area contributed by atoms with Crippen LogP contribution in [0.3, 0.4) is 0 Å². The zero-order valence-electron chi connectivity index (χ0n) is 14.0. The molecule has 0 aromatic carbocycles. The third-order valence-corrected chi connectivity index (χ3v) is 4.10. The minimum absolute atomic E-state index is 0.0273. The first-order chi connectivity index (χ1) is 11.1. The fourth-order valence-electron chi connectivity index (χ4n) is 2.55. The molecule has 1 saturated heterocycles. The van der Waals surface area contributed by atoms with Crippen molar-refractivity contribution in [3.8, 4) is 0 Å². The van der Waals surface area contributed by atoms with E-state index >= 15 is 0 Å². The van der Waals surface area contributed by atoms with Crippen LogP contribution in [0.15, 0.2) is 18.3 Å². The van der Waals surface area contributed by atoms with Crippen LogP contribution in [-0.2, 0) is 0 Å². The van der Waals surface area contributed by atoms with Crippen LogP contribution in [0.25, 0.3) is 0 Å². The van der Waals surface area contributed by atoms with E-state index in [1.54, 1.807) is 12.1 Å². The Balaban J connectivity index is 1.96. The van der Waals surface area contributed by atoms with Crippen LogP contribution in [-0.4, -0.2) is 66.4 Å². The molecule has 1 aliphatic heterocycles. The van der Waals surface area contributed by atoms with Crippen LogP contribution in [0.1, 0.15) is 47.0 Å². The van der Waals surface area contributed by atoms with Gasteiger partial charge in [-0.1, -0.05) is 19.8 Å². The van der Waals surface area contributed by atoms with Crippen LogP contribution in [0.5, 0.6) is 0 Å². The number of aromatic nitrogens is 1. The van der Waals surface area contributed by atoms with Crippen molar-refractivity contribution < 1.29 is 9.59 Å². The number of nitrogens with one attached hydrogen (secondary N) is 1. The number of hydrogen-bond acceptors (Lipinski definition) is 4. The van der Waals surface area contributed by atoms with E-state index in [1.807, 2.05) is 4.90 Å². The molecule has 0 aliphatic carbocycles. The summed E-state index contributed by atoms with van der Waals surface area (Å²) in [6.45, 7) is 5.96. The van der Waals surface area contributed by atoms with Gasteiger partial charge in [0.05, 0.1) is 0 Å². The molecule has 2 heterocycles. The number of rotatable bonds is 6. The molecule has 1 aromatic rings. The van der Waals surface area contributed by atoms with E-state index < -0.39 is 0 Å². The Morgan fingerprint density at radius 2 is 1.96 bits per heavy atom. The summed E-state index contributed by atoms with van der Waals surface area (Å²) in [4.78, 5) is 32.7. The number of likely N-dealkylation sites (N-methyl/N-ethyl adjacent to an activating group) is 1. The van der Waals surface area contributed by atoms with Crippen LogP contribution in [0.2, 0.25) is 0 Å². The van der Waals surface area contributed by atoms with Gasteiger partial charge in [0, 0.05) is 44.5 Å². The minimum atomic E-state index is -0.214. The molecule has 0 radical (unpaired) electrons. The monoisotopic (exact) mass is 318 g/mol. The van der Waals surface area contributed by atoms with Gasteiger partial charge in [-0.25, -0.2) is 0 Å². The van der Waals surface area contributed by atoms with Gasteiger partial charge in [0.1, 0.15) is 5.69 Å². The normalized spacial score (nSPS) is 15.5. The maximum atomic E-state index is 12.5. The summed E-state index contributed by atoms with van der Waals surface area (Å²) in [7, 11) is 2.05. The largest absolute Gasteiger partial charge is 0.351 e. The molecular formula is C17H26N4O2. The zero-order valence-corrected chi connectivity index (χ0v) is 14.0. The van der Waals surface area contributed by atoms with Crippen LogP contribution < -0.4 is 5.32 Å². The van der Waals surface area contributed by atoms with Crippen molar-refractivity contribution in [1.82, 2.24) is 20.1 Å². The van der Waals surface area contributed by atoms with Crippen molar-refractivity contribution in [2.45, 2.75) is 26.2 Å². The average molecular weight is 318 g/mol. The maximum absolute atomic E-state index is 12.5. The number of carbonyl (C=O) groups excluding carboxylic acids is 2. The lowest BCUT2D eigenvalue weighted by Crippen LogP contribution is -2.47. The highest BCUT2D eigenvalue weighted by Crippen LogP contribution is 2.09. The molecule has 0 atom stereocenters. The van der Waals surface area contributed by atoms with Gasteiger partial charge >= 0.3 is 0 Å². The number of unbranched alkanes of at least 4 members (excludes halogenated alkanes) is 2. The van der Waals surface area contributed by atoms with Crippen molar-refractivity contribution in [2.24, 2.45) is 0 Å². The number of nitrogens with zero attached hydrogens (tertiary/aromatic N) is 3. The number of amides is 2. The van der Waals surface area contributed by atoms with E-state index in [4.69, 9.17) is 0 Å². The number of piperazine rings is 1. The van der Waals surface area contributed by atoms with Crippen LogP contribution in [0, 0.1) is 0 Å². The van der Waals surface area contributed by atoms with Gasteiger partial charge in [-0.3, -0.25) is 14.6 Å². The third kappa shape index (κ3) is 5.03. The first-order valence-electron chi connectivity index (χ1n) is 8.34. The second kappa shape index (κ2) is 8.62. The van der Waals surface area contributed by atoms with Gasteiger partial charge < -0.3 is 15.1 Å². The summed E-state index contributed by atoms with van der Waals surface area (Å²) in [5, 5.41) is 2.85. The van der Waals surface area contributed by atoms with Crippen molar-refractivity contribution in [2.75, 3.05) is 39.8 Å². The number of carbonyl (C=O) groups is 2. The van der Waals surface area contributed by atoms with Crippen molar-refractivity contribution in [1.29, 1.82) is 0 Å². The molecule has 0 saturated carbocycles. The van der Waals surface area contributed by atoms with Crippen molar-refractivity contribution in [3.63, 3.8) is 0 Å². The van der Waals surface area contributed by atoms with Crippen molar-refractivity contribution in [3.05, 3.63) is 29.6 Å². The van der Waals surface area contributed by atoms with Crippen LogP contribution in [0.4, 0.5) is 0 Å². The predicted molar refractivity (Wildman–Crippen MR) is 89.5 cm³/mol.